The molecule has 3 N–H and O–H groups in total. The van der Waals surface area contributed by atoms with Crippen molar-refractivity contribution >= 4 is 23.4 Å². The number of carbonyl (C=O) groups is 3. The second-order valence-electron chi connectivity index (χ2n) is 6.68. The third-order valence-electron chi connectivity index (χ3n) is 4.93. The zero-order valence-electron chi connectivity index (χ0n) is 15.1. The molecule has 28 heavy (non-hydrogen) atoms. The second kappa shape index (κ2) is 6.97. The number of anilines is 1. The summed E-state index contributed by atoms with van der Waals surface area (Å²) >= 11 is 0. The Kier molecular flexibility index (Phi) is 4.48. The van der Waals surface area contributed by atoms with E-state index in [0.29, 0.717) is 22.6 Å². The second-order valence-corrected chi connectivity index (χ2v) is 6.68. The van der Waals surface area contributed by atoms with Crippen LogP contribution in [0.5, 0.6) is 11.5 Å². The summed E-state index contributed by atoms with van der Waals surface area (Å²) in [6.07, 6.45) is -0.972. The van der Waals surface area contributed by atoms with Gasteiger partial charge in [0.1, 0.15) is 17.5 Å². The van der Waals surface area contributed by atoms with Gasteiger partial charge in [-0.25, -0.2) is 0 Å². The van der Waals surface area contributed by atoms with Crippen molar-refractivity contribution in [3.8, 4) is 11.5 Å². The number of hydrogen-bond donors (Lipinski definition) is 3. The molecule has 8 nitrogen and oxygen atoms in total. The van der Waals surface area contributed by atoms with Crippen LogP contribution in [-0.4, -0.2) is 40.8 Å². The van der Waals surface area contributed by atoms with Gasteiger partial charge >= 0.3 is 0 Å². The Labute approximate surface area is 161 Å². The lowest BCUT2D eigenvalue weighted by Gasteiger charge is -2.31. The fourth-order valence-corrected chi connectivity index (χ4v) is 3.52. The maximum Gasteiger partial charge on any atom is 0.257 e. The smallest absolute Gasteiger partial charge is 0.257 e. The molecule has 0 aliphatic carbocycles. The van der Waals surface area contributed by atoms with Gasteiger partial charge in [0.05, 0.1) is 0 Å². The first-order valence-corrected chi connectivity index (χ1v) is 8.92. The lowest BCUT2D eigenvalue weighted by molar-refractivity contribution is -0.139. The van der Waals surface area contributed by atoms with E-state index >= 15 is 0 Å². The van der Waals surface area contributed by atoms with E-state index in [1.165, 1.54) is 0 Å². The van der Waals surface area contributed by atoms with Gasteiger partial charge < -0.3 is 15.2 Å². The molecule has 0 aromatic heterocycles. The van der Waals surface area contributed by atoms with Gasteiger partial charge in [-0.3, -0.25) is 24.6 Å². The molecule has 3 amide bonds. The maximum atomic E-state index is 12.7. The Morgan fingerprint density at radius 2 is 1.93 bits per heavy atom. The normalized spacial score (nSPS) is 21.4. The van der Waals surface area contributed by atoms with Crippen molar-refractivity contribution in [2.75, 3.05) is 12.4 Å². The van der Waals surface area contributed by atoms with Crippen molar-refractivity contribution in [3.63, 3.8) is 0 Å². The Bertz CT molecular complexity index is 974. The number of nitrogens with one attached hydrogen (secondary N) is 2. The predicted molar refractivity (Wildman–Crippen MR) is 99.8 cm³/mol. The number of imide groups is 1. The molecule has 1 saturated heterocycles. The summed E-state index contributed by atoms with van der Waals surface area (Å²) in [4.78, 5) is 37.4. The van der Waals surface area contributed by atoms with Crippen molar-refractivity contribution in [1.29, 1.82) is 0 Å². The minimum absolute atomic E-state index is 0.124. The highest BCUT2D eigenvalue weighted by Crippen LogP contribution is 2.38. The average Bonchev–Trinajstić information content (AvgIpc) is 2.93. The number of ether oxygens (including phenoxy) is 1. The molecule has 0 saturated carbocycles. The highest BCUT2D eigenvalue weighted by Gasteiger charge is 2.44. The van der Waals surface area contributed by atoms with E-state index in [0.717, 1.165) is 10.6 Å². The van der Waals surface area contributed by atoms with Crippen LogP contribution in [0, 0.1) is 0 Å². The molecule has 144 valence electrons. The summed E-state index contributed by atoms with van der Waals surface area (Å²) in [7, 11) is 1.81. The van der Waals surface area contributed by atoms with Crippen molar-refractivity contribution < 1.29 is 24.2 Å². The number of carbonyl (C=O) groups excluding carboxylic acids is 3. The van der Waals surface area contributed by atoms with Crippen LogP contribution < -0.4 is 15.4 Å². The molecular weight excluding hydrogens is 362 g/mol. The van der Waals surface area contributed by atoms with Crippen LogP contribution in [0.15, 0.2) is 42.5 Å². The Balaban J connectivity index is 1.59. The van der Waals surface area contributed by atoms with Crippen molar-refractivity contribution in [2.24, 2.45) is 0 Å². The van der Waals surface area contributed by atoms with E-state index in [4.69, 9.17) is 4.74 Å². The van der Waals surface area contributed by atoms with Gasteiger partial charge in [-0.1, -0.05) is 6.07 Å². The molecule has 8 heteroatoms. The standard InChI is InChI=1S/C20H19N3O5/c1-21-11-3-2-4-12(9-11)28-13-5-6-14-15(10-13)20(27)23(19(14)26)16-7-8-17(24)22-18(16)25/h2-6,9-10,16,20-21,27H,7-8H2,1H3,(H,22,24,25). The van der Waals surface area contributed by atoms with Gasteiger partial charge in [0.15, 0.2) is 6.23 Å². The SMILES string of the molecule is CNc1cccc(Oc2ccc3c(c2)C(O)N(C2CCC(=O)NC2=O)C3=O)c1. The minimum atomic E-state index is -1.28. The molecular formula is C20H19N3O5. The Morgan fingerprint density at radius 1 is 1.14 bits per heavy atom. The zero-order valence-corrected chi connectivity index (χ0v) is 15.1. The monoisotopic (exact) mass is 381 g/mol. The van der Waals surface area contributed by atoms with Gasteiger partial charge in [-0.15, -0.1) is 0 Å². The Morgan fingerprint density at radius 3 is 2.68 bits per heavy atom. The number of aliphatic hydroxyl groups is 1. The number of nitrogens with zero attached hydrogens (tertiary/aromatic N) is 1. The maximum absolute atomic E-state index is 12.7. The van der Waals surface area contributed by atoms with Crippen LogP contribution in [0.25, 0.3) is 0 Å². The summed E-state index contributed by atoms with van der Waals surface area (Å²) in [5.41, 5.74) is 1.57. The number of fused-ring (bicyclic) bond motifs is 1. The molecule has 2 heterocycles. The molecule has 4 rings (SSSR count). The first-order chi connectivity index (χ1) is 13.5. The molecule has 0 radical (unpaired) electrons. The predicted octanol–water partition coefficient (Wildman–Crippen LogP) is 1.77. The summed E-state index contributed by atoms with van der Waals surface area (Å²) in [5, 5.41) is 15.9. The van der Waals surface area contributed by atoms with Crippen molar-refractivity contribution in [1.82, 2.24) is 10.2 Å². The molecule has 0 bridgehead atoms. The van der Waals surface area contributed by atoms with Crippen LogP contribution in [0.3, 0.4) is 0 Å². The summed E-state index contributed by atoms with van der Waals surface area (Å²) < 4.78 is 5.84. The molecule has 2 aromatic carbocycles. The van der Waals surface area contributed by atoms with Crippen LogP contribution in [-0.2, 0) is 9.59 Å². The fraction of sp³-hybridized carbons (Fsp3) is 0.250. The quantitative estimate of drug-likeness (QED) is 0.697. The number of rotatable bonds is 4. The van der Waals surface area contributed by atoms with Gasteiger partial charge in [0.25, 0.3) is 5.91 Å². The highest BCUT2D eigenvalue weighted by molar-refractivity contribution is 6.05. The van der Waals surface area contributed by atoms with Crippen LogP contribution in [0.1, 0.15) is 35.0 Å². The zero-order chi connectivity index (χ0) is 19.8. The minimum Gasteiger partial charge on any atom is -0.457 e. The number of amides is 3. The number of piperidine rings is 1. The molecule has 2 unspecified atom stereocenters. The van der Waals surface area contributed by atoms with Crippen molar-refractivity contribution in [2.45, 2.75) is 25.1 Å². The number of benzene rings is 2. The van der Waals surface area contributed by atoms with E-state index in [1.54, 1.807) is 31.3 Å². The number of hydrogen-bond acceptors (Lipinski definition) is 6. The van der Waals surface area contributed by atoms with Gasteiger partial charge in [-0.2, -0.15) is 0 Å². The Hall–Kier alpha value is -3.39. The van der Waals surface area contributed by atoms with E-state index in [1.807, 2.05) is 18.2 Å². The van der Waals surface area contributed by atoms with Gasteiger partial charge in [0, 0.05) is 36.3 Å². The fourth-order valence-electron chi connectivity index (χ4n) is 3.52. The summed E-state index contributed by atoms with van der Waals surface area (Å²) in [6.45, 7) is 0. The molecule has 1 fully saturated rings. The largest absolute Gasteiger partial charge is 0.457 e. The first kappa shape index (κ1) is 18.0. The summed E-state index contributed by atoms with van der Waals surface area (Å²) in [6, 6.07) is 11.3. The third-order valence-corrected chi connectivity index (χ3v) is 4.93. The lowest BCUT2D eigenvalue weighted by Crippen LogP contribution is -2.53. The first-order valence-electron chi connectivity index (χ1n) is 8.92. The average molecular weight is 381 g/mol. The summed E-state index contributed by atoms with van der Waals surface area (Å²) in [5.74, 6) is -0.325. The van der Waals surface area contributed by atoms with E-state index in [-0.39, 0.29) is 18.7 Å². The molecule has 2 aromatic rings. The van der Waals surface area contributed by atoms with Crippen molar-refractivity contribution in [3.05, 3.63) is 53.6 Å². The highest BCUT2D eigenvalue weighted by atomic mass is 16.5. The van der Waals surface area contributed by atoms with Crippen LogP contribution >= 0.6 is 0 Å². The third kappa shape index (κ3) is 3.07. The van der Waals surface area contributed by atoms with E-state index in [2.05, 4.69) is 10.6 Å². The molecule has 2 aliphatic heterocycles. The molecule has 2 aliphatic rings. The lowest BCUT2D eigenvalue weighted by atomic mass is 10.0. The van der Waals surface area contributed by atoms with E-state index in [9.17, 15) is 19.5 Å². The van der Waals surface area contributed by atoms with Gasteiger partial charge in [-0.05, 0) is 36.8 Å². The van der Waals surface area contributed by atoms with Crippen LogP contribution in [0.4, 0.5) is 5.69 Å². The number of aliphatic hydroxyl groups excluding tert-OH is 1. The molecule has 0 spiro atoms. The topological polar surface area (TPSA) is 108 Å². The van der Waals surface area contributed by atoms with Gasteiger partial charge in [0.2, 0.25) is 11.8 Å². The molecule has 2 atom stereocenters. The van der Waals surface area contributed by atoms with E-state index < -0.39 is 24.1 Å². The van der Waals surface area contributed by atoms with Crippen LogP contribution in [0.2, 0.25) is 0 Å².